The van der Waals surface area contributed by atoms with Crippen LogP contribution in [0.3, 0.4) is 0 Å². The minimum Gasteiger partial charge on any atom is -0.468 e. The molecule has 35 heavy (non-hydrogen) atoms. The third-order valence-corrected chi connectivity index (χ3v) is 4.99. The molecule has 194 valence electrons. The predicted molar refractivity (Wildman–Crippen MR) is 128 cm³/mol. The van der Waals surface area contributed by atoms with Crippen molar-refractivity contribution in [3.8, 4) is 0 Å². The van der Waals surface area contributed by atoms with Gasteiger partial charge in [-0.1, -0.05) is 37.3 Å². The van der Waals surface area contributed by atoms with Gasteiger partial charge in [-0.3, -0.25) is 19.2 Å². The minimum atomic E-state index is -1.38. The van der Waals surface area contributed by atoms with Crippen LogP contribution in [0.25, 0.3) is 0 Å². The molecule has 4 N–H and O–H groups in total. The van der Waals surface area contributed by atoms with E-state index in [0.29, 0.717) is 12.0 Å². The Labute approximate surface area is 205 Å². The van der Waals surface area contributed by atoms with Crippen LogP contribution in [0.4, 0.5) is 4.79 Å². The van der Waals surface area contributed by atoms with E-state index in [4.69, 9.17) is 10.5 Å². The Morgan fingerprint density at radius 1 is 1.09 bits per heavy atom. The molecule has 0 heterocycles. The van der Waals surface area contributed by atoms with Gasteiger partial charge in [-0.25, -0.2) is 4.79 Å². The van der Waals surface area contributed by atoms with Crippen molar-refractivity contribution in [1.82, 2.24) is 15.5 Å². The average Bonchev–Trinajstić information content (AvgIpc) is 2.78. The maximum absolute atomic E-state index is 13.8. The molecule has 0 bridgehead atoms. The predicted octanol–water partition coefficient (Wildman–Crippen LogP) is 1.41. The monoisotopic (exact) mass is 492 g/mol. The Hall–Kier alpha value is -3.63. The van der Waals surface area contributed by atoms with Crippen molar-refractivity contribution >= 4 is 29.8 Å². The fourth-order valence-corrected chi connectivity index (χ4v) is 3.23. The standard InChI is InChI=1S/C24H36N4O7/c1-7-15(2)28(22(32)17(13-18(25)29)27-23(33)35-24(3,4)5)20(16-11-9-8-10-12-16)21(31)26-14-19(30)34-6/h8-12,15,17,20H,7,13-14H2,1-6H3,(H2,25,29)(H,26,31)(H,27,33). The first-order valence-electron chi connectivity index (χ1n) is 11.3. The molecule has 0 aliphatic heterocycles. The number of nitrogens with zero attached hydrogens (tertiary/aromatic N) is 1. The minimum absolute atomic E-state index is 0.401. The zero-order chi connectivity index (χ0) is 26.8. The number of ether oxygens (including phenoxy) is 2. The second kappa shape index (κ2) is 13.3. The first-order valence-corrected chi connectivity index (χ1v) is 11.3. The lowest BCUT2D eigenvalue weighted by Gasteiger charge is -2.38. The molecular formula is C24H36N4O7. The Balaban J connectivity index is 3.45. The number of nitrogens with two attached hydrogens (primary N) is 1. The second-order valence-electron chi connectivity index (χ2n) is 8.98. The zero-order valence-corrected chi connectivity index (χ0v) is 21.1. The second-order valence-corrected chi connectivity index (χ2v) is 8.98. The third kappa shape index (κ3) is 9.63. The zero-order valence-electron chi connectivity index (χ0n) is 21.1. The van der Waals surface area contributed by atoms with Crippen molar-refractivity contribution in [1.29, 1.82) is 0 Å². The van der Waals surface area contributed by atoms with Gasteiger partial charge in [0.1, 0.15) is 24.2 Å². The van der Waals surface area contributed by atoms with Crippen LogP contribution in [0.5, 0.6) is 0 Å². The van der Waals surface area contributed by atoms with Crippen molar-refractivity contribution in [2.45, 2.75) is 71.2 Å². The first kappa shape index (κ1) is 29.4. The molecule has 0 aromatic heterocycles. The molecule has 0 aliphatic rings. The van der Waals surface area contributed by atoms with E-state index < -0.39 is 66.5 Å². The summed E-state index contributed by atoms with van der Waals surface area (Å²) >= 11 is 0. The number of esters is 1. The fraction of sp³-hybridized carbons (Fsp3) is 0.542. The van der Waals surface area contributed by atoms with E-state index in [1.54, 1.807) is 58.0 Å². The number of benzene rings is 1. The van der Waals surface area contributed by atoms with Crippen LogP contribution in [0.1, 0.15) is 59.1 Å². The van der Waals surface area contributed by atoms with Crippen molar-refractivity contribution < 1.29 is 33.4 Å². The molecule has 0 saturated carbocycles. The first-order chi connectivity index (χ1) is 16.3. The number of primary amides is 1. The van der Waals surface area contributed by atoms with Gasteiger partial charge >= 0.3 is 12.1 Å². The van der Waals surface area contributed by atoms with E-state index in [2.05, 4.69) is 15.4 Å². The number of nitrogens with one attached hydrogen (secondary N) is 2. The highest BCUT2D eigenvalue weighted by atomic mass is 16.6. The van der Waals surface area contributed by atoms with E-state index in [1.165, 1.54) is 12.0 Å². The number of rotatable bonds is 11. The summed E-state index contributed by atoms with van der Waals surface area (Å²) in [5.41, 5.74) is 4.98. The molecule has 1 aromatic carbocycles. The van der Waals surface area contributed by atoms with Gasteiger partial charge in [0.2, 0.25) is 17.7 Å². The van der Waals surface area contributed by atoms with Gasteiger partial charge in [-0.2, -0.15) is 0 Å². The van der Waals surface area contributed by atoms with E-state index in [-0.39, 0.29) is 0 Å². The smallest absolute Gasteiger partial charge is 0.408 e. The van der Waals surface area contributed by atoms with E-state index >= 15 is 0 Å². The van der Waals surface area contributed by atoms with Crippen LogP contribution < -0.4 is 16.4 Å². The van der Waals surface area contributed by atoms with Gasteiger partial charge < -0.3 is 30.7 Å². The Morgan fingerprint density at radius 3 is 2.17 bits per heavy atom. The van der Waals surface area contributed by atoms with Crippen LogP contribution in [-0.2, 0) is 28.7 Å². The molecule has 0 spiro atoms. The van der Waals surface area contributed by atoms with Gasteiger partial charge in [-0.05, 0) is 39.7 Å². The number of hydrogen-bond donors (Lipinski definition) is 3. The summed E-state index contributed by atoms with van der Waals surface area (Å²) in [6.45, 7) is 8.11. The Kier molecular flexibility index (Phi) is 11.2. The van der Waals surface area contributed by atoms with E-state index in [9.17, 15) is 24.0 Å². The maximum Gasteiger partial charge on any atom is 0.408 e. The van der Waals surface area contributed by atoms with Crippen LogP contribution >= 0.6 is 0 Å². The number of carbonyl (C=O) groups is 5. The molecule has 0 fully saturated rings. The van der Waals surface area contributed by atoms with Crippen LogP contribution in [0.2, 0.25) is 0 Å². The molecule has 4 amide bonds. The molecule has 0 radical (unpaired) electrons. The lowest BCUT2D eigenvalue weighted by Crippen LogP contribution is -2.56. The highest BCUT2D eigenvalue weighted by Crippen LogP contribution is 2.26. The quantitative estimate of drug-likeness (QED) is 0.394. The highest BCUT2D eigenvalue weighted by molar-refractivity contribution is 5.95. The topological polar surface area (TPSA) is 157 Å². The van der Waals surface area contributed by atoms with Crippen molar-refractivity contribution in [3.63, 3.8) is 0 Å². The summed E-state index contributed by atoms with van der Waals surface area (Å²) in [7, 11) is 1.19. The number of amides is 4. The molecule has 0 saturated heterocycles. The SMILES string of the molecule is CCC(C)N(C(=O)C(CC(N)=O)NC(=O)OC(C)(C)C)C(C(=O)NCC(=O)OC)c1ccccc1. The molecule has 1 aromatic rings. The summed E-state index contributed by atoms with van der Waals surface area (Å²) in [4.78, 5) is 64.1. The van der Waals surface area contributed by atoms with Crippen LogP contribution in [-0.4, -0.2) is 66.0 Å². The summed E-state index contributed by atoms with van der Waals surface area (Å²) in [5.74, 6) is -2.82. The van der Waals surface area contributed by atoms with Crippen LogP contribution in [0.15, 0.2) is 30.3 Å². The maximum atomic E-state index is 13.8. The molecule has 3 atom stereocenters. The lowest BCUT2D eigenvalue weighted by molar-refractivity contribution is -0.147. The molecule has 0 aliphatic carbocycles. The number of alkyl carbamates (subject to hydrolysis) is 1. The number of methoxy groups -OCH3 is 1. The van der Waals surface area contributed by atoms with Gasteiger partial charge in [0.05, 0.1) is 13.5 Å². The van der Waals surface area contributed by atoms with Crippen LogP contribution in [0, 0.1) is 0 Å². The number of hydrogen-bond acceptors (Lipinski definition) is 7. The normalized spacial score (nSPS) is 13.5. The van der Waals surface area contributed by atoms with Crippen molar-refractivity contribution in [3.05, 3.63) is 35.9 Å². The summed E-state index contributed by atoms with van der Waals surface area (Å²) in [5, 5.41) is 4.90. The third-order valence-electron chi connectivity index (χ3n) is 4.99. The molecule has 1 rings (SSSR count). The number of carbonyl (C=O) groups excluding carboxylic acids is 5. The Bertz CT molecular complexity index is 899. The molecular weight excluding hydrogens is 456 g/mol. The average molecular weight is 493 g/mol. The van der Waals surface area contributed by atoms with E-state index in [1.807, 2.05) is 6.92 Å². The molecule has 11 nitrogen and oxygen atoms in total. The fourth-order valence-electron chi connectivity index (χ4n) is 3.23. The lowest BCUT2D eigenvalue weighted by atomic mass is 9.99. The van der Waals surface area contributed by atoms with Gasteiger partial charge in [0.25, 0.3) is 0 Å². The summed E-state index contributed by atoms with van der Waals surface area (Å²) < 4.78 is 9.81. The summed E-state index contributed by atoms with van der Waals surface area (Å²) in [6, 6.07) is 5.44. The summed E-state index contributed by atoms with van der Waals surface area (Å²) in [6.07, 6.45) is -0.960. The van der Waals surface area contributed by atoms with E-state index in [0.717, 1.165) is 0 Å². The highest BCUT2D eigenvalue weighted by Gasteiger charge is 2.39. The molecule has 3 unspecified atom stereocenters. The van der Waals surface area contributed by atoms with Gasteiger partial charge in [0, 0.05) is 6.04 Å². The largest absolute Gasteiger partial charge is 0.468 e. The van der Waals surface area contributed by atoms with Crippen molar-refractivity contribution in [2.24, 2.45) is 5.73 Å². The van der Waals surface area contributed by atoms with Crippen molar-refractivity contribution in [2.75, 3.05) is 13.7 Å². The van der Waals surface area contributed by atoms with Gasteiger partial charge in [0.15, 0.2) is 0 Å². The van der Waals surface area contributed by atoms with Gasteiger partial charge in [-0.15, -0.1) is 0 Å². The Morgan fingerprint density at radius 2 is 1.69 bits per heavy atom. The molecule has 11 heteroatoms.